The molecule has 4 unspecified atom stereocenters. The molecule has 1 aliphatic carbocycles. The molecule has 1 aromatic carbocycles. The van der Waals surface area contributed by atoms with Crippen LogP contribution in [-0.4, -0.2) is 59.3 Å². The molecular formula is C44H64BrClF7N5O3. The van der Waals surface area contributed by atoms with Gasteiger partial charge in [0.05, 0.1) is 17.8 Å². The fourth-order valence-corrected chi connectivity index (χ4v) is 6.35. The number of unbranched alkanes of at least 4 members (excludes halogenated alkanes) is 1. The molecule has 0 radical (unpaired) electrons. The van der Waals surface area contributed by atoms with E-state index in [1.807, 2.05) is 45.1 Å². The molecule has 1 amide bonds. The fraction of sp³-hybridized carbons (Fsp3) is 0.591. The number of nitrogens with zero attached hydrogens (tertiary/aromatic N) is 2. The van der Waals surface area contributed by atoms with E-state index >= 15 is 0 Å². The largest absolute Gasteiger partial charge is 0.435 e. The number of carbonyl (C=O) groups excluding carboxylic acids is 3. The van der Waals surface area contributed by atoms with Gasteiger partial charge in [0.2, 0.25) is 5.91 Å². The fourth-order valence-electron chi connectivity index (χ4n) is 5.73. The Hall–Kier alpha value is -3.50. The number of rotatable bonds is 20. The maximum atomic E-state index is 14.4. The van der Waals surface area contributed by atoms with E-state index in [9.17, 15) is 45.1 Å². The Bertz CT molecular complexity index is 1750. The van der Waals surface area contributed by atoms with Gasteiger partial charge in [0, 0.05) is 42.4 Å². The number of ketones is 1. The van der Waals surface area contributed by atoms with Crippen molar-refractivity contribution >= 4 is 51.1 Å². The highest BCUT2D eigenvalue weighted by atomic mass is 79.9. The number of nitrogens with one attached hydrogen (secondary N) is 3. The molecule has 1 saturated carbocycles. The molecule has 3 N–H and O–H groups in total. The van der Waals surface area contributed by atoms with Gasteiger partial charge in [-0.05, 0) is 105 Å². The average molecular weight is 959 g/mol. The first kappa shape index (κ1) is 57.5. The number of carbonyl (C=O) groups is 3. The summed E-state index contributed by atoms with van der Waals surface area (Å²) in [4.78, 5) is 33.9. The van der Waals surface area contributed by atoms with Gasteiger partial charge in [-0.3, -0.25) is 14.3 Å². The standard InChI is InChI=1S/C27H39F6N5O2.C11H11BrClF.C4H8O.C2H6/c1-8-16(2)9-20(11-21(28)18(4)39)22-12-23(27(31,32)33)37-38(22)15-26(5,6)36-24(40)17(3)10-19(13-34-7)14-35-25(29)30;12-8-1-2-9(11(14)6-8)10-5-7(10)3-4-13;1-2-3-4-5;1-2/h9,11-12,14,16-17,25,34-35H,8,10,13,15H2,1-7H3,(H,36,40);1-2,6-7,10H,3-5H2;4H,2-3H2,1H3;1-2H3/b19-14-,20-9+,21-11+;;;. The molecule has 1 heterocycles. The van der Waals surface area contributed by atoms with Crippen LogP contribution >= 0.6 is 27.5 Å². The molecule has 17 heteroatoms. The summed E-state index contributed by atoms with van der Waals surface area (Å²) in [5.41, 5.74) is -0.994. The van der Waals surface area contributed by atoms with E-state index in [0.717, 1.165) is 65.5 Å². The van der Waals surface area contributed by atoms with Crippen LogP contribution in [0, 0.1) is 23.6 Å². The molecule has 1 aliphatic rings. The van der Waals surface area contributed by atoms with Gasteiger partial charge in [-0.25, -0.2) is 8.78 Å². The van der Waals surface area contributed by atoms with Crippen LogP contribution in [0.5, 0.6) is 0 Å². The average Bonchev–Trinajstić information content (AvgIpc) is 3.80. The van der Waals surface area contributed by atoms with Crippen molar-refractivity contribution in [3.8, 4) is 0 Å². The van der Waals surface area contributed by atoms with Gasteiger partial charge in [-0.15, -0.1) is 11.6 Å². The molecule has 2 aromatic rings. The molecule has 0 spiro atoms. The van der Waals surface area contributed by atoms with Crippen molar-refractivity contribution in [1.82, 2.24) is 25.7 Å². The molecule has 0 saturated heterocycles. The van der Waals surface area contributed by atoms with E-state index in [0.29, 0.717) is 36.1 Å². The smallest absolute Gasteiger partial charge is 0.349 e. The summed E-state index contributed by atoms with van der Waals surface area (Å²) < 4.78 is 95.7. The molecule has 61 heavy (non-hydrogen) atoms. The van der Waals surface area contributed by atoms with E-state index in [4.69, 9.17) is 11.6 Å². The van der Waals surface area contributed by atoms with Gasteiger partial charge in [-0.2, -0.15) is 27.1 Å². The number of hydrogen-bond donors (Lipinski definition) is 3. The molecule has 8 nitrogen and oxygen atoms in total. The molecular weight excluding hydrogens is 895 g/mol. The number of benzene rings is 1. The van der Waals surface area contributed by atoms with Crippen molar-refractivity contribution in [2.75, 3.05) is 19.5 Å². The van der Waals surface area contributed by atoms with Crippen LogP contribution in [0.1, 0.15) is 124 Å². The van der Waals surface area contributed by atoms with E-state index < -0.39 is 47.4 Å². The number of amides is 1. The molecule has 0 bridgehead atoms. The van der Waals surface area contributed by atoms with Crippen LogP contribution in [0.4, 0.5) is 30.7 Å². The van der Waals surface area contributed by atoms with E-state index in [1.165, 1.54) is 6.07 Å². The van der Waals surface area contributed by atoms with Crippen molar-refractivity contribution in [3.05, 3.63) is 81.3 Å². The second-order valence-corrected chi connectivity index (χ2v) is 16.4. The maximum Gasteiger partial charge on any atom is 0.435 e. The van der Waals surface area contributed by atoms with Crippen molar-refractivity contribution in [1.29, 1.82) is 0 Å². The number of alkyl halides is 6. The van der Waals surface area contributed by atoms with Gasteiger partial charge in [0.15, 0.2) is 17.3 Å². The maximum absolute atomic E-state index is 14.4. The first-order valence-electron chi connectivity index (χ1n) is 20.4. The Morgan fingerprint density at radius 2 is 1.75 bits per heavy atom. The molecule has 0 aliphatic heterocycles. The molecule has 4 atom stereocenters. The predicted octanol–water partition coefficient (Wildman–Crippen LogP) is 11.9. The Labute approximate surface area is 370 Å². The highest BCUT2D eigenvalue weighted by Crippen LogP contribution is 2.50. The quantitative estimate of drug-likeness (QED) is 0.0305. The number of aromatic nitrogens is 2. The summed E-state index contributed by atoms with van der Waals surface area (Å²) in [6, 6.07) is 6.09. The van der Waals surface area contributed by atoms with Crippen LogP contribution < -0.4 is 16.0 Å². The number of likely N-dealkylation sites (N-methyl/N-ethyl adjacent to an activating group) is 1. The Kier molecular flexibility index (Phi) is 27.3. The number of halogens is 9. The number of allylic oxidation sites excluding steroid dienone is 4. The number of Topliss-reactive ketones (excluding diaryl/α,β-unsaturated/α-hetero) is 1. The highest BCUT2D eigenvalue weighted by molar-refractivity contribution is 9.10. The summed E-state index contributed by atoms with van der Waals surface area (Å²) in [6.45, 7) is 12.7. The zero-order chi connectivity index (χ0) is 47.1. The van der Waals surface area contributed by atoms with Crippen LogP contribution in [0.3, 0.4) is 0 Å². The zero-order valence-corrected chi connectivity index (χ0v) is 39.2. The summed E-state index contributed by atoms with van der Waals surface area (Å²) in [5, 5.41) is 11.2. The zero-order valence-electron chi connectivity index (χ0n) is 36.9. The lowest BCUT2D eigenvalue weighted by Gasteiger charge is -2.29. The molecule has 3 rings (SSSR count). The van der Waals surface area contributed by atoms with Crippen molar-refractivity contribution < 1.29 is 45.1 Å². The summed E-state index contributed by atoms with van der Waals surface area (Å²) in [5.74, 6) is -1.68. The highest BCUT2D eigenvalue weighted by Gasteiger charge is 2.39. The number of hydrogen-bond acceptors (Lipinski definition) is 6. The third-order valence-electron chi connectivity index (χ3n) is 9.10. The van der Waals surface area contributed by atoms with Crippen LogP contribution in [-0.2, 0) is 27.1 Å². The van der Waals surface area contributed by atoms with Gasteiger partial charge >= 0.3 is 12.7 Å². The minimum atomic E-state index is -4.80. The summed E-state index contributed by atoms with van der Waals surface area (Å²) in [7, 11) is 1.63. The SMILES string of the molecule is CC.CCC(C)/C=C(\C=C(\F)C(C)=O)c1cc(C(F)(F)F)nn1CC(C)(C)NC(=O)C(C)C/C(=C/NC(F)F)CNC.CCCC=O.Fc1cc(Br)ccc1C1CC1CCCl. The van der Waals surface area contributed by atoms with Crippen molar-refractivity contribution in [2.24, 2.45) is 17.8 Å². The van der Waals surface area contributed by atoms with Crippen molar-refractivity contribution in [3.63, 3.8) is 0 Å². The van der Waals surface area contributed by atoms with Crippen LogP contribution in [0.2, 0.25) is 0 Å². The van der Waals surface area contributed by atoms with Crippen LogP contribution in [0.25, 0.3) is 5.57 Å². The second kappa shape index (κ2) is 29.0. The summed E-state index contributed by atoms with van der Waals surface area (Å²) in [6.07, 6.45) is 4.25. The van der Waals surface area contributed by atoms with Crippen molar-refractivity contribution in [2.45, 2.75) is 132 Å². The van der Waals surface area contributed by atoms with Gasteiger partial charge in [0.25, 0.3) is 0 Å². The lowest BCUT2D eigenvalue weighted by atomic mass is 9.97. The molecule has 1 aromatic heterocycles. The lowest BCUT2D eigenvalue weighted by Crippen LogP contribution is -2.49. The van der Waals surface area contributed by atoms with Crippen LogP contribution in [0.15, 0.2) is 58.5 Å². The van der Waals surface area contributed by atoms with Gasteiger partial charge in [0.1, 0.15) is 12.1 Å². The van der Waals surface area contributed by atoms with E-state index in [-0.39, 0.29) is 42.5 Å². The Morgan fingerprint density at radius 1 is 1.11 bits per heavy atom. The predicted molar refractivity (Wildman–Crippen MR) is 234 cm³/mol. The normalized spacial score (nSPS) is 16.5. The first-order chi connectivity index (χ1) is 28.5. The van der Waals surface area contributed by atoms with E-state index in [1.54, 1.807) is 40.8 Å². The Balaban J connectivity index is 0.00000139. The monoisotopic (exact) mass is 957 g/mol. The van der Waals surface area contributed by atoms with Gasteiger partial charge < -0.3 is 20.7 Å². The topological polar surface area (TPSA) is 105 Å². The number of aldehydes is 1. The van der Waals surface area contributed by atoms with Gasteiger partial charge in [-0.1, -0.05) is 76.0 Å². The molecule has 1 fully saturated rings. The Morgan fingerprint density at radius 3 is 2.23 bits per heavy atom. The minimum Gasteiger partial charge on any atom is -0.349 e. The minimum absolute atomic E-state index is 0.0499. The lowest BCUT2D eigenvalue weighted by molar-refractivity contribution is -0.141. The second-order valence-electron chi connectivity index (χ2n) is 15.1. The molecule has 346 valence electrons. The third-order valence-corrected chi connectivity index (χ3v) is 9.82. The summed E-state index contributed by atoms with van der Waals surface area (Å²) >= 11 is 8.90. The van der Waals surface area contributed by atoms with E-state index in [2.05, 4.69) is 31.7 Å². The first-order valence-corrected chi connectivity index (χ1v) is 21.7. The third kappa shape index (κ3) is 22.4.